The molecule has 128 valence electrons. The summed E-state index contributed by atoms with van der Waals surface area (Å²) in [6.07, 6.45) is 1.45. The lowest BCUT2D eigenvalue weighted by Gasteiger charge is -2.07. The van der Waals surface area contributed by atoms with E-state index in [9.17, 15) is 14.7 Å². The van der Waals surface area contributed by atoms with E-state index in [0.717, 1.165) is 11.8 Å². The molecule has 1 amide bonds. The Morgan fingerprint density at radius 1 is 1.32 bits per heavy atom. The number of anilines is 2. The first-order valence-electron chi connectivity index (χ1n) is 6.89. The molecule has 0 unspecified atom stereocenters. The fourth-order valence-corrected chi connectivity index (χ4v) is 2.84. The number of hydrogen-bond acceptors (Lipinski definition) is 8. The third-order valence-corrected chi connectivity index (χ3v) is 4.10. The Hall–Kier alpha value is -3.34. The first-order valence-corrected chi connectivity index (χ1v) is 7.88. The van der Waals surface area contributed by atoms with Gasteiger partial charge in [-0.05, 0) is 18.2 Å². The molecule has 0 aliphatic heterocycles. The second-order valence-electron chi connectivity index (χ2n) is 4.86. The van der Waals surface area contributed by atoms with E-state index in [1.165, 1.54) is 24.5 Å². The number of nitrogens with two attached hydrogens (primary N) is 1. The summed E-state index contributed by atoms with van der Waals surface area (Å²) in [4.78, 5) is 38.0. The predicted octanol–water partition coefficient (Wildman–Crippen LogP) is 1.07. The van der Waals surface area contributed by atoms with Crippen LogP contribution in [0, 0.1) is 0 Å². The van der Waals surface area contributed by atoms with Crippen LogP contribution in [0.25, 0.3) is 11.2 Å². The third kappa shape index (κ3) is 3.61. The topological polar surface area (TPSA) is 167 Å². The van der Waals surface area contributed by atoms with Gasteiger partial charge in [-0.3, -0.25) is 4.79 Å². The summed E-state index contributed by atoms with van der Waals surface area (Å²) in [5.74, 6) is -1.99. The smallest absolute Gasteiger partial charge is 0.339 e. The number of hydrogen-bond donors (Lipinski definition) is 5. The number of amides is 1. The van der Waals surface area contributed by atoms with Gasteiger partial charge in [-0.2, -0.15) is 4.98 Å². The van der Waals surface area contributed by atoms with Crippen molar-refractivity contribution in [2.45, 2.75) is 5.03 Å². The van der Waals surface area contributed by atoms with Crippen molar-refractivity contribution >= 4 is 46.4 Å². The van der Waals surface area contributed by atoms with Crippen molar-refractivity contribution in [3.8, 4) is 5.75 Å². The number of carboxylic acid groups (broad SMARTS) is 1. The maximum atomic E-state index is 12.1. The average Bonchev–Trinajstić information content (AvgIpc) is 3.02. The van der Waals surface area contributed by atoms with Crippen LogP contribution in [0.2, 0.25) is 0 Å². The maximum absolute atomic E-state index is 12.1. The number of fused-ring (bicyclic) bond motifs is 1. The van der Waals surface area contributed by atoms with Gasteiger partial charge in [0.15, 0.2) is 5.65 Å². The van der Waals surface area contributed by atoms with Gasteiger partial charge in [0.05, 0.1) is 12.1 Å². The van der Waals surface area contributed by atoms with E-state index >= 15 is 0 Å². The fraction of sp³-hybridized carbons (Fsp3) is 0.0714. The Balaban J connectivity index is 1.70. The van der Waals surface area contributed by atoms with E-state index in [1.54, 1.807) is 0 Å². The summed E-state index contributed by atoms with van der Waals surface area (Å²) in [7, 11) is 0. The molecule has 6 N–H and O–H groups in total. The highest BCUT2D eigenvalue weighted by Gasteiger charge is 2.14. The van der Waals surface area contributed by atoms with Crippen molar-refractivity contribution in [3.63, 3.8) is 0 Å². The molecule has 2 heterocycles. The summed E-state index contributed by atoms with van der Waals surface area (Å²) in [5.41, 5.74) is 6.54. The largest absolute Gasteiger partial charge is 0.507 e. The van der Waals surface area contributed by atoms with Gasteiger partial charge in [-0.15, -0.1) is 0 Å². The lowest BCUT2D eigenvalue weighted by molar-refractivity contribution is -0.113. The molecule has 0 spiro atoms. The number of carboxylic acids is 1. The number of nitrogens with one attached hydrogen (secondary N) is 2. The van der Waals surface area contributed by atoms with Gasteiger partial charge < -0.3 is 26.2 Å². The quantitative estimate of drug-likeness (QED) is 0.254. The van der Waals surface area contributed by atoms with Gasteiger partial charge in [0, 0.05) is 5.69 Å². The summed E-state index contributed by atoms with van der Waals surface area (Å²) < 4.78 is 0. The summed E-state index contributed by atoms with van der Waals surface area (Å²) in [6.45, 7) is 0. The zero-order chi connectivity index (χ0) is 18.0. The van der Waals surface area contributed by atoms with Gasteiger partial charge in [0.25, 0.3) is 0 Å². The van der Waals surface area contributed by atoms with Crippen LogP contribution in [-0.4, -0.2) is 47.8 Å². The highest BCUT2D eigenvalue weighted by molar-refractivity contribution is 8.00. The van der Waals surface area contributed by atoms with E-state index in [2.05, 4.69) is 25.3 Å². The number of nitrogens with zero attached hydrogens (tertiary/aromatic N) is 3. The molecule has 3 aromatic rings. The molecule has 0 aliphatic rings. The van der Waals surface area contributed by atoms with Crippen LogP contribution in [0.4, 0.5) is 11.6 Å². The van der Waals surface area contributed by atoms with Crippen LogP contribution in [0.1, 0.15) is 10.4 Å². The lowest BCUT2D eigenvalue weighted by Crippen LogP contribution is -2.14. The Labute approximate surface area is 144 Å². The molecule has 1 aromatic carbocycles. The number of rotatable bonds is 5. The van der Waals surface area contributed by atoms with Crippen molar-refractivity contribution in [2.75, 3.05) is 16.8 Å². The second-order valence-corrected chi connectivity index (χ2v) is 5.83. The van der Waals surface area contributed by atoms with Crippen molar-refractivity contribution in [3.05, 3.63) is 30.1 Å². The Kier molecular flexibility index (Phi) is 4.39. The average molecular weight is 360 g/mol. The molecule has 2 aromatic heterocycles. The van der Waals surface area contributed by atoms with Gasteiger partial charge in [0.1, 0.15) is 21.9 Å². The minimum atomic E-state index is -1.29. The predicted molar refractivity (Wildman–Crippen MR) is 90.5 cm³/mol. The van der Waals surface area contributed by atoms with Gasteiger partial charge in [-0.25, -0.2) is 14.8 Å². The number of aromatic carboxylic acids is 1. The van der Waals surface area contributed by atoms with Crippen LogP contribution in [0.15, 0.2) is 29.6 Å². The molecule has 11 heteroatoms. The molecule has 3 rings (SSSR count). The maximum Gasteiger partial charge on any atom is 0.339 e. The van der Waals surface area contributed by atoms with Crippen molar-refractivity contribution in [1.29, 1.82) is 0 Å². The minimum Gasteiger partial charge on any atom is -0.507 e. The zero-order valence-corrected chi connectivity index (χ0v) is 13.4. The fourth-order valence-electron chi connectivity index (χ4n) is 2.04. The zero-order valence-electron chi connectivity index (χ0n) is 12.6. The standard InChI is InChI=1S/C14H12N6O4S/c15-14-19-11-10(16-5-17-11)12(20-14)25-4-9(22)18-6-1-2-8(21)7(3-6)13(23)24/h1-3,5,21H,4H2,(H,18,22)(H,23,24)(H3,15,16,17,19,20). The number of aromatic amines is 1. The minimum absolute atomic E-state index is 0.00779. The summed E-state index contributed by atoms with van der Waals surface area (Å²) >= 11 is 1.13. The summed E-state index contributed by atoms with van der Waals surface area (Å²) in [6, 6.07) is 3.78. The number of thioether (sulfide) groups is 1. The number of aromatic hydroxyl groups is 1. The van der Waals surface area contributed by atoms with Crippen molar-refractivity contribution < 1.29 is 19.8 Å². The molecule has 0 fully saturated rings. The molecule has 0 atom stereocenters. The Morgan fingerprint density at radius 3 is 2.88 bits per heavy atom. The van der Waals surface area contributed by atoms with E-state index in [4.69, 9.17) is 10.8 Å². The Bertz CT molecular complexity index is 973. The van der Waals surface area contributed by atoms with E-state index < -0.39 is 5.97 Å². The molecule has 0 aliphatic carbocycles. The van der Waals surface area contributed by atoms with Crippen LogP contribution in [-0.2, 0) is 4.79 Å². The van der Waals surface area contributed by atoms with E-state index in [-0.39, 0.29) is 34.6 Å². The van der Waals surface area contributed by atoms with Gasteiger partial charge in [-0.1, -0.05) is 11.8 Å². The first kappa shape index (κ1) is 16.5. The van der Waals surface area contributed by atoms with Crippen LogP contribution in [0.5, 0.6) is 5.75 Å². The molecular formula is C14H12N6O4S. The molecule has 0 radical (unpaired) electrons. The highest BCUT2D eigenvalue weighted by atomic mass is 32.2. The number of imidazole rings is 1. The van der Waals surface area contributed by atoms with Crippen LogP contribution >= 0.6 is 11.8 Å². The lowest BCUT2D eigenvalue weighted by atomic mass is 10.2. The molecule has 0 bridgehead atoms. The highest BCUT2D eigenvalue weighted by Crippen LogP contribution is 2.25. The number of H-pyrrole nitrogens is 1. The number of phenols is 1. The monoisotopic (exact) mass is 360 g/mol. The first-order chi connectivity index (χ1) is 11.9. The molecule has 10 nitrogen and oxygen atoms in total. The van der Waals surface area contributed by atoms with Crippen molar-refractivity contribution in [1.82, 2.24) is 19.9 Å². The summed E-state index contributed by atoms with van der Waals surface area (Å²) in [5, 5.41) is 21.5. The van der Waals surface area contributed by atoms with Gasteiger partial charge in [0.2, 0.25) is 11.9 Å². The van der Waals surface area contributed by atoms with Gasteiger partial charge >= 0.3 is 5.97 Å². The van der Waals surface area contributed by atoms with E-state index in [1.807, 2.05) is 0 Å². The number of carbonyl (C=O) groups is 2. The van der Waals surface area contributed by atoms with E-state index in [0.29, 0.717) is 16.2 Å². The SMILES string of the molecule is Nc1nc(SCC(=O)Nc2ccc(O)c(C(=O)O)c2)c2[nH]cnc2n1. The van der Waals surface area contributed by atoms with Crippen LogP contribution < -0.4 is 11.1 Å². The normalized spacial score (nSPS) is 10.7. The number of nitrogen functional groups attached to an aromatic ring is 1. The number of carbonyl (C=O) groups excluding carboxylic acids is 1. The molecule has 0 saturated heterocycles. The molecular weight excluding hydrogens is 348 g/mol. The Morgan fingerprint density at radius 2 is 2.12 bits per heavy atom. The molecule has 0 saturated carbocycles. The molecule has 25 heavy (non-hydrogen) atoms. The number of aromatic nitrogens is 4. The second kappa shape index (κ2) is 6.65. The van der Waals surface area contributed by atoms with Crippen LogP contribution in [0.3, 0.4) is 0 Å². The van der Waals surface area contributed by atoms with Crippen molar-refractivity contribution in [2.24, 2.45) is 0 Å². The number of benzene rings is 1. The third-order valence-electron chi connectivity index (χ3n) is 3.12.